The molecule has 0 aromatic heterocycles. The summed E-state index contributed by atoms with van der Waals surface area (Å²) in [4.78, 5) is 11.0. The van der Waals surface area contributed by atoms with Crippen molar-refractivity contribution >= 4 is 35.1 Å². The van der Waals surface area contributed by atoms with E-state index < -0.39 is 6.03 Å². The maximum atomic E-state index is 11.0. The van der Waals surface area contributed by atoms with Gasteiger partial charge in [0.05, 0.1) is 0 Å². The topological polar surface area (TPSA) is 67.5 Å². The Morgan fingerprint density at radius 2 is 2.04 bits per heavy atom. The molecular formula is C18H28ClN3OS. The van der Waals surface area contributed by atoms with E-state index in [0.29, 0.717) is 0 Å². The highest BCUT2D eigenvalue weighted by Crippen LogP contribution is 2.36. The normalized spacial score (nSPS) is 12.9. The molecule has 0 spiro atoms. The van der Waals surface area contributed by atoms with Crippen LogP contribution in [0.1, 0.15) is 63.2 Å². The predicted molar refractivity (Wildman–Crippen MR) is 106 cm³/mol. The first-order valence-electron chi connectivity index (χ1n) is 8.55. The van der Waals surface area contributed by atoms with E-state index in [4.69, 9.17) is 17.3 Å². The highest BCUT2D eigenvalue weighted by molar-refractivity contribution is 7.99. The molecule has 6 heteroatoms. The van der Waals surface area contributed by atoms with Gasteiger partial charge in [-0.25, -0.2) is 10.2 Å². The van der Waals surface area contributed by atoms with Crippen molar-refractivity contribution in [3.8, 4) is 0 Å². The molecule has 0 saturated carbocycles. The lowest BCUT2D eigenvalue weighted by atomic mass is 10.0. The third-order valence-corrected chi connectivity index (χ3v) is 5.18. The number of hydrogen-bond acceptors (Lipinski definition) is 3. The number of nitrogens with two attached hydrogens (primary N) is 1. The smallest absolute Gasteiger partial charge is 0.332 e. The Bertz CT molecular complexity index is 537. The van der Waals surface area contributed by atoms with Crippen molar-refractivity contribution in [3.63, 3.8) is 0 Å². The zero-order valence-electron chi connectivity index (χ0n) is 14.6. The number of unbranched alkanes of at least 4 members (excludes halogenated alkanes) is 3. The minimum Gasteiger partial charge on any atom is -0.350 e. The maximum Gasteiger partial charge on any atom is 0.332 e. The van der Waals surface area contributed by atoms with Crippen LogP contribution < -0.4 is 11.2 Å². The Labute approximate surface area is 154 Å². The van der Waals surface area contributed by atoms with Crippen LogP contribution in [0.25, 0.3) is 0 Å². The number of nitrogens with one attached hydrogen (secondary N) is 1. The summed E-state index contributed by atoms with van der Waals surface area (Å²) in [5, 5.41) is 5.23. The zero-order valence-corrected chi connectivity index (χ0v) is 16.1. The molecule has 0 bridgehead atoms. The predicted octanol–water partition coefficient (Wildman–Crippen LogP) is 5.52. The van der Waals surface area contributed by atoms with Gasteiger partial charge in [-0.05, 0) is 30.2 Å². The van der Waals surface area contributed by atoms with Crippen molar-refractivity contribution in [1.82, 2.24) is 5.43 Å². The van der Waals surface area contributed by atoms with E-state index in [-0.39, 0.29) is 5.25 Å². The first-order chi connectivity index (χ1) is 11.6. The zero-order chi connectivity index (χ0) is 17.8. The van der Waals surface area contributed by atoms with Crippen molar-refractivity contribution < 1.29 is 4.79 Å². The molecule has 0 saturated heterocycles. The Hall–Kier alpha value is -1.20. The number of rotatable bonds is 11. The molecule has 3 N–H and O–H groups in total. The van der Waals surface area contributed by atoms with E-state index in [0.717, 1.165) is 41.3 Å². The second-order valence-corrected chi connectivity index (χ2v) is 7.52. The molecule has 0 aliphatic rings. The first-order valence-corrected chi connectivity index (χ1v) is 9.98. The summed E-state index contributed by atoms with van der Waals surface area (Å²) in [6.45, 7) is 4.32. The number of thioether (sulfide) groups is 1. The van der Waals surface area contributed by atoms with Gasteiger partial charge in [0.2, 0.25) is 0 Å². The fourth-order valence-electron chi connectivity index (χ4n) is 2.50. The largest absolute Gasteiger partial charge is 0.350 e. The van der Waals surface area contributed by atoms with E-state index in [1.807, 2.05) is 30.0 Å². The van der Waals surface area contributed by atoms with Crippen molar-refractivity contribution in [3.05, 3.63) is 34.9 Å². The van der Waals surface area contributed by atoms with Gasteiger partial charge in [-0.3, -0.25) is 0 Å². The van der Waals surface area contributed by atoms with E-state index in [2.05, 4.69) is 30.4 Å². The highest BCUT2D eigenvalue weighted by atomic mass is 35.5. The fourth-order valence-corrected chi connectivity index (χ4v) is 3.93. The molecule has 2 amide bonds. The van der Waals surface area contributed by atoms with Crippen LogP contribution in [0.2, 0.25) is 5.02 Å². The monoisotopic (exact) mass is 369 g/mol. The molecule has 4 nitrogen and oxygen atoms in total. The van der Waals surface area contributed by atoms with Crippen LogP contribution in [0.3, 0.4) is 0 Å². The van der Waals surface area contributed by atoms with Gasteiger partial charge in [-0.1, -0.05) is 62.9 Å². The molecule has 0 radical (unpaired) electrons. The van der Waals surface area contributed by atoms with E-state index in [1.54, 1.807) is 0 Å². The number of carbonyl (C=O) groups excluding carboxylic acids is 1. The number of urea groups is 1. The van der Waals surface area contributed by atoms with Crippen LogP contribution in [-0.4, -0.2) is 17.5 Å². The number of carbonyl (C=O) groups is 1. The van der Waals surface area contributed by atoms with Gasteiger partial charge >= 0.3 is 6.03 Å². The maximum absolute atomic E-state index is 11.0. The molecule has 1 aromatic rings. The average Bonchev–Trinajstić information content (AvgIpc) is 2.56. The molecule has 134 valence electrons. The number of hydrazone groups is 1. The number of hydrogen-bond donors (Lipinski definition) is 2. The SMILES string of the molecule is CCCCCC/C(CC(SCC)c1ccccc1Cl)=N\NC(N)=O. The van der Waals surface area contributed by atoms with Crippen LogP contribution in [-0.2, 0) is 0 Å². The summed E-state index contributed by atoms with van der Waals surface area (Å²) in [6, 6.07) is 7.29. The van der Waals surface area contributed by atoms with E-state index in [9.17, 15) is 4.79 Å². The summed E-state index contributed by atoms with van der Waals surface area (Å²) in [7, 11) is 0. The average molecular weight is 370 g/mol. The number of benzene rings is 1. The summed E-state index contributed by atoms with van der Waals surface area (Å²) in [5.41, 5.74) is 9.63. The molecule has 1 unspecified atom stereocenters. The van der Waals surface area contributed by atoms with Gasteiger partial charge in [-0.15, -0.1) is 0 Å². The molecule has 0 aliphatic heterocycles. The van der Waals surface area contributed by atoms with Crippen LogP contribution >= 0.6 is 23.4 Å². The van der Waals surface area contributed by atoms with Crippen molar-refractivity contribution in [2.24, 2.45) is 10.8 Å². The summed E-state index contributed by atoms with van der Waals surface area (Å²) in [5.74, 6) is 0.988. The summed E-state index contributed by atoms with van der Waals surface area (Å²) < 4.78 is 0. The Kier molecular flexibility index (Phi) is 10.6. The van der Waals surface area contributed by atoms with E-state index in [1.165, 1.54) is 19.3 Å². The number of halogens is 1. The highest BCUT2D eigenvalue weighted by Gasteiger charge is 2.17. The van der Waals surface area contributed by atoms with Crippen molar-refractivity contribution in [1.29, 1.82) is 0 Å². The molecular weight excluding hydrogens is 342 g/mol. The molecule has 1 rings (SSSR count). The minimum atomic E-state index is -0.626. The lowest BCUT2D eigenvalue weighted by molar-refractivity contribution is 0.249. The van der Waals surface area contributed by atoms with Gasteiger partial charge in [0, 0.05) is 22.4 Å². The lowest BCUT2D eigenvalue weighted by Crippen LogP contribution is -2.26. The number of amides is 2. The van der Waals surface area contributed by atoms with Crippen LogP contribution in [0.4, 0.5) is 4.79 Å². The van der Waals surface area contributed by atoms with Crippen LogP contribution in [0.15, 0.2) is 29.4 Å². The summed E-state index contributed by atoms with van der Waals surface area (Å²) in [6.07, 6.45) is 6.27. The van der Waals surface area contributed by atoms with E-state index >= 15 is 0 Å². The number of primary amides is 1. The Morgan fingerprint density at radius 3 is 2.67 bits per heavy atom. The fraction of sp³-hybridized carbons (Fsp3) is 0.556. The second-order valence-electron chi connectivity index (χ2n) is 5.63. The quantitative estimate of drug-likeness (QED) is 0.306. The lowest BCUT2D eigenvalue weighted by Gasteiger charge is -2.19. The van der Waals surface area contributed by atoms with Crippen molar-refractivity contribution in [2.75, 3.05) is 5.75 Å². The molecule has 24 heavy (non-hydrogen) atoms. The first kappa shape index (κ1) is 20.8. The molecule has 1 aromatic carbocycles. The molecule has 0 fully saturated rings. The molecule has 0 aliphatic carbocycles. The number of nitrogens with zero attached hydrogens (tertiary/aromatic N) is 1. The van der Waals surface area contributed by atoms with Gasteiger partial charge in [-0.2, -0.15) is 16.9 Å². The Balaban J connectivity index is 2.83. The van der Waals surface area contributed by atoms with Crippen LogP contribution in [0, 0.1) is 0 Å². The third kappa shape index (κ3) is 8.06. The summed E-state index contributed by atoms with van der Waals surface area (Å²) >= 11 is 8.21. The van der Waals surface area contributed by atoms with Gasteiger partial charge < -0.3 is 5.73 Å². The van der Waals surface area contributed by atoms with Gasteiger partial charge in [0.1, 0.15) is 0 Å². The van der Waals surface area contributed by atoms with Gasteiger partial charge in [0.15, 0.2) is 0 Å². The minimum absolute atomic E-state index is 0.225. The molecule has 0 heterocycles. The van der Waals surface area contributed by atoms with Gasteiger partial charge in [0.25, 0.3) is 0 Å². The Morgan fingerprint density at radius 1 is 1.29 bits per heavy atom. The standard InChI is InChI=1S/C18H28ClN3OS/c1-3-5-6-7-10-14(21-22-18(20)23)13-17(24-4-2)15-11-8-9-12-16(15)19/h8-9,11-12,17H,3-7,10,13H2,1-2H3,(H3,20,22,23)/b21-14+. The second kappa shape index (κ2) is 12.2. The third-order valence-electron chi connectivity index (χ3n) is 3.68. The molecule has 1 atom stereocenters. The van der Waals surface area contributed by atoms with Crippen molar-refractivity contribution in [2.45, 2.75) is 57.6 Å². The van der Waals surface area contributed by atoms with Crippen LogP contribution in [0.5, 0.6) is 0 Å².